The van der Waals surface area contributed by atoms with Crippen LogP contribution in [0.5, 0.6) is 0 Å². The molecule has 2 heterocycles. The molecule has 1 aromatic carbocycles. The van der Waals surface area contributed by atoms with E-state index >= 15 is 0 Å². The average Bonchev–Trinajstić information content (AvgIpc) is 3.21. The number of halogens is 1. The van der Waals surface area contributed by atoms with Crippen LogP contribution in [0.2, 0.25) is 5.22 Å². The second-order valence-electron chi connectivity index (χ2n) is 6.15. The van der Waals surface area contributed by atoms with E-state index in [1.54, 1.807) is 31.2 Å². The van der Waals surface area contributed by atoms with Crippen molar-refractivity contribution >= 4 is 33.1 Å². The van der Waals surface area contributed by atoms with Crippen LogP contribution in [-0.4, -0.2) is 30.8 Å². The van der Waals surface area contributed by atoms with Gasteiger partial charge in [-0.2, -0.15) is 5.10 Å². The highest BCUT2D eigenvalue weighted by Crippen LogP contribution is 2.34. The van der Waals surface area contributed by atoms with Crippen LogP contribution < -0.4 is 0 Å². The van der Waals surface area contributed by atoms with Gasteiger partial charge in [0.1, 0.15) is 11.8 Å². The van der Waals surface area contributed by atoms with Gasteiger partial charge in [0, 0.05) is 19.1 Å². The Balaban J connectivity index is 1.83. The average molecular weight is 395 g/mol. The van der Waals surface area contributed by atoms with Crippen LogP contribution in [-0.2, 0) is 20.4 Å². The molecule has 1 atom stereocenters. The predicted octanol–water partition coefficient (Wildman–Crippen LogP) is 3.57. The van der Waals surface area contributed by atoms with Crippen LogP contribution in [0.15, 0.2) is 45.9 Å². The Morgan fingerprint density at radius 2 is 1.96 bits per heavy atom. The SMILES string of the molecule is CCS(=O)(=O)Cc1ccc(C2=NN(C(C)=O)C(c3ccc(Cl)o3)C2)cc1. The number of amides is 1. The number of carbonyl (C=O) groups is 1. The molecule has 1 aliphatic rings. The molecule has 0 saturated carbocycles. The Labute approximate surface area is 157 Å². The maximum Gasteiger partial charge on any atom is 0.240 e. The number of furan rings is 1. The first-order valence-electron chi connectivity index (χ1n) is 8.21. The van der Waals surface area contributed by atoms with E-state index in [0.29, 0.717) is 12.2 Å². The van der Waals surface area contributed by atoms with Gasteiger partial charge >= 0.3 is 0 Å². The van der Waals surface area contributed by atoms with Gasteiger partial charge in [-0.15, -0.1) is 0 Å². The molecule has 0 saturated heterocycles. The summed E-state index contributed by atoms with van der Waals surface area (Å²) in [5, 5.41) is 6.08. The Morgan fingerprint density at radius 3 is 2.50 bits per heavy atom. The minimum Gasteiger partial charge on any atom is -0.447 e. The summed E-state index contributed by atoms with van der Waals surface area (Å²) in [6.07, 6.45) is 0.496. The molecule has 138 valence electrons. The van der Waals surface area contributed by atoms with Crippen molar-refractivity contribution in [1.82, 2.24) is 5.01 Å². The summed E-state index contributed by atoms with van der Waals surface area (Å²) in [5.41, 5.74) is 2.31. The van der Waals surface area contributed by atoms with Gasteiger partial charge in [-0.25, -0.2) is 13.4 Å². The lowest BCUT2D eigenvalue weighted by molar-refractivity contribution is -0.130. The molecule has 0 fully saturated rings. The van der Waals surface area contributed by atoms with E-state index in [2.05, 4.69) is 5.10 Å². The van der Waals surface area contributed by atoms with E-state index in [4.69, 9.17) is 16.0 Å². The molecule has 0 spiro atoms. The molecule has 1 amide bonds. The highest BCUT2D eigenvalue weighted by atomic mass is 35.5. The molecule has 6 nitrogen and oxygen atoms in total. The molecule has 0 aliphatic carbocycles. The smallest absolute Gasteiger partial charge is 0.240 e. The third kappa shape index (κ3) is 3.99. The van der Waals surface area contributed by atoms with E-state index < -0.39 is 9.84 Å². The summed E-state index contributed by atoms with van der Waals surface area (Å²) in [5.74, 6) is 0.518. The topological polar surface area (TPSA) is 80.0 Å². The quantitative estimate of drug-likeness (QED) is 0.776. The van der Waals surface area contributed by atoms with Gasteiger partial charge in [0.2, 0.25) is 5.91 Å². The zero-order chi connectivity index (χ0) is 18.9. The Hall–Kier alpha value is -2.12. The van der Waals surface area contributed by atoms with Gasteiger partial charge in [-0.05, 0) is 34.9 Å². The van der Waals surface area contributed by atoms with Crippen molar-refractivity contribution in [1.29, 1.82) is 0 Å². The number of carbonyl (C=O) groups excluding carboxylic acids is 1. The molecule has 2 aromatic rings. The van der Waals surface area contributed by atoms with Gasteiger partial charge in [0.15, 0.2) is 15.1 Å². The molecule has 1 aromatic heterocycles. The normalized spacial score (nSPS) is 17.4. The summed E-state index contributed by atoms with van der Waals surface area (Å²) in [6.45, 7) is 3.08. The van der Waals surface area contributed by atoms with E-state index in [1.807, 2.05) is 12.1 Å². The highest BCUT2D eigenvalue weighted by Gasteiger charge is 2.33. The number of rotatable bonds is 5. The number of benzene rings is 1. The second-order valence-corrected chi connectivity index (χ2v) is 8.87. The number of sulfone groups is 1. The fourth-order valence-corrected chi connectivity index (χ4v) is 3.91. The van der Waals surface area contributed by atoms with Gasteiger partial charge < -0.3 is 4.42 Å². The van der Waals surface area contributed by atoms with Crippen molar-refractivity contribution in [2.75, 3.05) is 5.75 Å². The first kappa shape index (κ1) is 18.7. The monoisotopic (exact) mass is 394 g/mol. The molecule has 0 radical (unpaired) electrons. The minimum atomic E-state index is -3.07. The van der Waals surface area contributed by atoms with Crippen molar-refractivity contribution in [3.05, 3.63) is 58.5 Å². The summed E-state index contributed by atoms with van der Waals surface area (Å²) < 4.78 is 28.9. The third-order valence-corrected chi connectivity index (χ3v) is 6.12. The molecular formula is C18H19ClN2O4S. The Morgan fingerprint density at radius 1 is 1.27 bits per heavy atom. The van der Waals surface area contributed by atoms with Crippen molar-refractivity contribution in [2.45, 2.75) is 32.1 Å². The van der Waals surface area contributed by atoms with Crippen LogP contribution >= 0.6 is 11.6 Å². The summed E-state index contributed by atoms with van der Waals surface area (Å²) in [6, 6.07) is 10.2. The largest absolute Gasteiger partial charge is 0.447 e. The lowest BCUT2D eigenvalue weighted by Crippen LogP contribution is -2.23. The molecule has 1 unspecified atom stereocenters. The van der Waals surface area contributed by atoms with Crippen molar-refractivity contribution in [3.63, 3.8) is 0 Å². The third-order valence-electron chi connectivity index (χ3n) is 4.27. The molecule has 1 aliphatic heterocycles. The molecule has 0 N–H and O–H groups in total. The Kier molecular flexibility index (Phi) is 5.20. The Bertz CT molecular complexity index is 948. The van der Waals surface area contributed by atoms with Gasteiger partial charge in [-0.3, -0.25) is 4.79 Å². The van der Waals surface area contributed by atoms with Crippen molar-refractivity contribution < 1.29 is 17.6 Å². The summed E-state index contributed by atoms with van der Waals surface area (Å²) in [4.78, 5) is 11.9. The fraction of sp³-hybridized carbons (Fsp3) is 0.333. The summed E-state index contributed by atoms with van der Waals surface area (Å²) in [7, 11) is -3.07. The highest BCUT2D eigenvalue weighted by molar-refractivity contribution is 7.90. The molecular weight excluding hydrogens is 376 g/mol. The van der Waals surface area contributed by atoms with Gasteiger partial charge in [0.05, 0.1) is 11.5 Å². The molecule has 3 rings (SSSR count). The fourth-order valence-electron chi connectivity index (χ4n) is 2.85. The van der Waals surface area contributed by atoms with E-state index in [-0.39, 0.29) is 28.7 Å². The number of nitrogens with zero attached hydrogens (tertiary/aromatic N) is 2. The zero-order valence-corrected chi connectivity index (χ0v) is 16.0. The zero-order valence-electron chi connectivity index (χ0n) is 14.5. The van der Waals surface area contributed by atoms with Gasteiger partial charge in [-0.1, -0.05) is 31.2 Å². The lowest BCUT2D eigenvalue weighted by atomic mass is 10.0. The number of hydrogen-bond acceptors (Lipinski definition) is 5. The summed E-state index contributed by atoms with van der Waals surface area (Å²) >= 11 is 5.84. The van der Waals surface area contributed by atoms with Gasteiger partial charge in [0.25, 0.3) is 0 Å². The van der Waals surface area contributed by atoms with Crippen LogP contribution in [0.1, 0.15) is 43.2 Å². The maximum atomic E-state index is 11.9. The van der Waals surface area contributed by atoms with E-state index in [0.717, 1.165) is 16.8 Å². The maximum absolute atomic E-state index is 11.9. The number of hydrazone groups is 1. The minimum absolute atomic E-state index is 0.0172. The predicted molar refractivity (Wildman–Crippen MR) is 99.7 cm³/mol. The van der Waals surface area contributed by atoms with E-state index in [9.17, 15) is 13.2 Å². The van der Waals surface area contributed by atoms with Crippen LogP contribution in [0, 0.1) is 0 Å². The van der Waals surface area contributed by atoms with Crippen molar-refractivity contribution in [3.8, 4) is 0 Å². The number of hydrogen-bond donors (Lipinski definition) is 0. The molecule has 0 bridgehead atoms. The first-order valence-corrected chi connectivity index (χ1v) is 10.4. The lowest BCUT2D eigenvalue weighted by Gasteiger charge is -2.17. The van der Waals surface area contributed by atoms with Crippen LogP contribution in [0.25, 0.3) is 0 Å². The van der Waals surface area contributed by atoms with Crippen molar-refractivity contribution in [2.24, 2.45) is 5.10 Å². The standard InChI is InChI=1S/C18H19ClN2O4S/c1-3-26(23,24)11-13-4-6-14(7-5-13)15-10-16(21(20-15)12(2)22)17-8-9-18(19)25-17/h4-9,16H,3,10-11H2,1-2H3. The first-order chi connectivity index (χ1) is 12.3. The van der Waals surface area contributed by atoms with Crippen LogP contribution in [0.3, 0.4) is 0 Å². The molecule has 26 heavy (non-hydrogen) atoms. The molecule has 8 heteroatoms. The van der Waals surface area contributed by atoms with Crippen LogP contribution in [0.4, 0.5) is 0 Å². The second kappa shape index (κ2) is 7.25. The van der Waals surface area contributed by atoms with E-state index in [1.165, 1.54) is 11.9 Å².